The maximum absolute atomic E-state index is 12.8. The summed E-state index contributed by atoms with van der Waals surface area (Å²) >= 11 is 1.50. The van der Waals surface area contributed by atoms with Gasteiger partial charge in [0, 0.05) is 12.6 Å². The van der Waals surface area contributed by atoms with E-state index in [1.807, 2.05) is 31.2 Å². The molecule has 0 atom stereocenters. The Morgan fingerprint density at radius 1 is 1.11 bits per heavy atom. The Kier molecular flexibility index (Phi) is 6.16. The lowest BCUT2D eigenvalue weighted by Gasteiger charge is -2.15. The Morgan fingerprint density at radius 3 is 2.36 bits per heavy atom. The Labute approximate surface area is 168 Å². The van der Waals surface area contributed by atoms with E-state index in [1.54, 1.807) is 44.4 Å². The van der Waals surface area contributed by atoms with Gasteiger partial charge in [0.1, 0.15) is 0 Å². The number of nitrogens with zero attached hydrogens (tertiary/aromatic N) is 2. The van der Waals surface area contributed by atoms with E-state index in [4.69, 9.17) is 14.2 Å². The highest BCUT2D eigenvalue weighted by molar-refractivity contribution is 7.22. The van der Waals surface area contributed by atoms with Gasteiger partial charge in [-0.2, -0.15) is 0 Å². The molecule has 0 unspecified atom stereocenters. The lowest BCUT2D eigenvalue weighted by atomic mass is 10.1. The number of amides is 1. The first-order chi connectivity index (χ1) is 13.6. The smallest absolute Gasteiger partial charge is 0.252 e. The van der Waals surface area contributed by atoms with Crippen LogP contribution in [0.3, 0.4) is 0 Å². The highest BCUT2D eigenvalue weighted by Gasteiger charge is 2.16. The average Bonchev–Trinajstić information content (AvgIpc) is 3.15. The Morgan fingerprint density at radius 2 is 1.79 bits per heavy atom. The van der Waals surface area contributed by atoms with Crippen LogP contribution >= 0.6 is 11.3 Å². The summed E-state index contributed by atoms with van der Waals surface area (Å²) in [6.45, 7) is 2.45. The molecule has 0 radical (unpaired) electrons. The summed E-state index contributed by atoms with van der Waals surface area (Å²) in [6, 6.07) is 11.4. The monoisotopic (exact) mass is 398 g/mol. The summed E-state index contributed by atoms with van der Waals surface area (Å²) in [5, 5.41) is 0.684. The predicted molar refractivity (Wildman–Crippen MR) is 113 cm³/mol. The van der Waals surface area contributed by atoms with Crippen molar-refractivity contribution < 1.29 is 19.0 Å². The Hall–Kier alpha value is -3.06. The van der Waals surface area contributed by atoms with Crippen LogP contribution in [0.5, 0.6) is 17.2 Å². The molecule has 0 fully saturated rings. The lowest BCUT2D eigenvalue weighted by Crippen LogP contribution is -2.28. The SMILES string of the molecule is CCN(C(=O)/C=C/c1cc(OC)c(OC)c(OC)c1)c1nc2ccccc2s1. The van der Waals surface area contributed by atoms with Crippen molar-refractivity contribution in [2.24, 2.45) is 0 Å². The van der Waals surface area contributed by atoms with Gasteiger partial charge in [-0.15, -0.1) is 0 Å². The summed E-state index contributed by atoms with van der Waals surface area (Å²) in [4.78, 5) is 19.0. The molecular formula is C21H22N2O4S. The number of benzene rings is 2. The molecule has 28 heavy (non-hydrogen) atoms. The van der Waals surface area contributed by atoms with E-state index in [9.17, 15) is 4.79 Å². The van der Waals surface area contributed by atoms with Crippen LogP contribution in [0.1, 0.15) is 12.5 Å². The van der Waals surface area contributed by atoms with Crippen LogP contribution in [-0.4, -0.2) is 38.8 Å². The minimum atomic E-state index is -0.143. The van der Waals surface area contributed by atoms with E-state index in [-0.39, 0.29) is 5.91 Å². The summed E-state index contributed by atoms with van der Waals surface area (Å²) in [6.07, 6.45) is 3.25. The number of hydrogen-bond acceptors (Lipinski definition) is 6. The van der Waals surface area contributed by atoms with Gasteiger partial charge in [-0.3, -0.25) is 9.69 Å². The van der Waals surface area contributed by atoms with Crippen LogP contribution in [0.2, 0.25) is 0 Å². The minimum absolute atomic E-state index is 0.143. The van der Waals surface area contributed by atoms with Gasteiger partial charge in [-0.1, -0.05) is 23.5 Å². The van der Waals surface area contributed by atoms with Crippen molar-refractivity contribution in [1.82, 2.24) is 4.98 Å². The quantitative estimate of drug-likeness (QED) is 0.553. The van der Waals surface area contributed by atoms with Gasteiger partial charge in [-0.25, -0.2) is 4.98 Å². The number of carbonyl (C=O) groups excluding carboxylic acids is 1. The van der Waals surface area contributed by atoms with E-state index in [2.05, 4.69) is 4.98 Å². The van der Waals surface area contributed by atoms with Gasteiger partial charge >= 0.3 is 0 Å². The van der Waals surface area contributed by atoms with Crippen LogP contribution in [0, 0.1) is 0 Å². The maximum Gasteiger partial charge on any atom is 0.252 e. The molecule has 3 rings (SSSR count). The summed E-state index contributed by atoms with van der Waals surface area (Å²) in [5.41, 5.74) is 1.66. The van der Waals surface area contributed by atoms with E-state index in [0.29, 0.717) is 28.9 Å². The highest BCUT2D eigenvalue weighted by Crippen LogP contribution is 2.38. The molecule has 0 aliphatic heterocycles. The van der Waals surface area contributed by atoms with Crippen molar-refractivity contribution in [1.29, 1.82) is 0 Å². The number of para-hydroxylation sites is 1. The number of thiazole rings is 1. The third-order valence-electron chi connectivity index (χ3n) is 4.20. The first kappa shape index (κ1) is 19.7. The number of anilines is 1. The summed E-state index contributed by atoms with van der Waals surface area (Å²) in [5.74, 6) is 1.44. The number of ether oxygens (including phenoxy) is 3. The van der Waals surface area contributed by atoms with Gasteiger partial charge in [-0.05, 0) is 42.8 Å². The number of likely N-dealkylation sites (N-methyl/N-ethyl adjacent to an activating group) is 1. The summed E-state index contributed by atoms with van der Waals surface area (Å²) < 4.78 is 17.1. The van der Waals surface area contributed by atoms with Crippen LogP contribution in [0.4, 0.5) is 5.13 Å². The second kappa shape index (κ2) is 8.75. The second-order valence-corrected chi connectivity index (χ2v) is 6.85. The molecule has 1 heterocycles. The molecule has 0 bridgehead atoms. The number of carbonyl (C=O) groups is 1. The lowest BCUT2D eigenvalue weighted by molar-refractivity contribution is -0.114. The Bertz CT molecular complexity index is 955. The molecule has 7 heteroatoms. The molecule has 3 aromatic rings. The number of hydrogen-bond donors (Lipinski definition) is 0. The van der Waals surface area contributed by atoms with Crippen molar-refractivity contribution in [2.75, 3.05) is 32.8 Å². The number of aromatic nitrogens is 1. The molecule has 1 amide bonds. The second-order valence-electron chi connectivity index (χ2n) is 5.84. The first-order valence-electron chi connectivity index (χ1n) is 8.76. The zero-order valence-electron chi connectivity index (χ0n) is 16.3. The van der Waals surface area contributed by atoms with Gasteiger partial charge in [0.25, 0.3) is 5.91 Å². The first-order valence-corrected chi connectivity index (χ1v) is 9.58. The largest absolute Gasteiger partial charge is 0.493 e. The van der Waals surface area contributed by atoms with Crippen molar-refractivity contribution in [3.05, 3.63) is 48.0 Å². The zero-order valence-corrected chi connectivity index (χ0v) is 17.1. The Balaban J connectivity index is 1.87. The average molecular weight is 398 g/mol. The van der Waals surface area contributed by atoms with Crippen molar-refractivity contribution in [3.63, 3.8) is 0 Å². The number of rotatable bonds is 7. The van der Waals surface area contributed by atoms with Crippen molar-refractivity contribution in [2.45, 2.75) is 6.92 Å². The third kappa shape index (κ3) is 3.94. The molecule has 146 valence electrons. The fraction of sp³-hybridized carbons (Fsp3) is 0.238. The molecular weight excluding hydrogens is 376 g/mol. The number of fused-ring (bicyclic) bond motifs is 1. The predicted octanol–water partition coefficient (Wildman–Crippen LogP) is 4.39. The topological polar surface area (TPSA) is 60.9 Å². The fourth-order valence-electron chi connectivity index (χ4n) is 2.82. The zero-order chi connectivity index (χ0) is 20.1. The molecule has 1 aromatic heterocycles. The molecule has 2 aromatic carbocycles. The van der Waals surface area contributed by atoms with Crippen LogP contribution in [-0.2, 0) is 4.79 Å². The van der Waals surface area contributed by atoms with Crippen molar-refractivity contribution >= 4 is 38.7 Å². The molecule has 0 aliphatic rings. The van der Waals surface area contributed by atoms with E-state index < -0.39 is 0 Å². The molecule has 6 nitrogen and oxygen atoms in total. The maximum atomic E-state index is 12.8. The van der Waals surface area contributed by atoms with Crippen LogP contribution in [0.15, 0.2) is 42.5 Å². The minimum Gasteiger partial charge on any atom is -0.493 e. The van der Waals surface area contributed by atoms with E-state index >= 15 is 0 Å². The molecule has 0 saturated carbocycles. The number of methoxy groups -OCH3 is 3. The third-order valence-corrected chi connectivity index (χ3v) is 5.26. The van der Waals surface area contributed by atoms with Gasteiger partial charge < -0.3 is 14.2 Å². The van der Waals surface area contributed by atoms with E-state index in [1.165, 1.54) is 17.4 Å². The standard InChI is InChI=1S/C21H22N2O4S/c1-5-23(21-22-15-8-6-7-9-18(15)28-21)19(24)11-10-14-12-16(25-2)20(27-4)17(13-14)26-3/h6-13H,5H2,1-4H3/b11-10+. The van der Waals surface area contributed by atoms with E-state index in [0.717, 1.165) is 15.8 Å². The fourth-order valence-corrected chi connectivity index (χ4v) is 3.85. The van der Waals surface area contributed by atoms with Gasteiger partial charge in [0.2, 0.25) is 5.75 Å². The van der Waals surface area contributed by atoms with Gasteiger partial charge in [0.15, 0.2) is 16.6 Å². The molecule has 0 spiro atoms. The normalized spacial score (nSPS) is 11.0. The van der Waals surface area contributed by atoms with Crippen molar-refractivity contribution in [3.8, 4) is 17.2 Å². The van der Waals surface area contributed by atoms with Crippen LogP contribution < -0.4 is 19.1 Å². The van der Waals surface area contributed by atoms with Gasteiger partial charge in [0.05, 0.1) is 31.5 Å². The molecule has 0 saturated heterocycles. The molecule has 0 N–H and O–H groups in total. The summed E-state index contributed by atoms with van der Waals surface area (Å²) in [7, 11) is 4.67. The highest BCUT2D eigenvalue weighted by atomic mass is 32.1. The molecule has 0 aliphatic carbocycles. The van der Waals surface area contributed by atoms with Crippen LogP contribution in [0.25, 0.3) is 16.3 Å².